The van der Waals surface area contributed by atoms with Gasteiger partial charge in [-0.25, -0.2) is 15.0 Å². The van der Waals surface area contributed by atoms with Gasteiger partial charge in [0.25, 0.3) is 0 Å². The number of halogens is 5. The van der Waals surface area contributed by atoms with Gasteiger partial charge >= 0.3 is 12.1 Å². The van der Waals surface area contributed by atoms with Gasteiger partial charge in [0.15, 0.2) is 16.8 Å². The lowest BCUT2D eigenvalue weighted by atomic mass is 10.1. The van der Waals surface area contributed by atoms with Crippen molar-refractivity contribution in [3.05, 3.63) is 45.3 Å². The van der Waals surface area contributed by atoms with E-state index in [1.807, 2.05) is 4.90 Å². The number of thiazole rings is 1. The second-order valence-corrected chi connectivity index (χ2v) is 12.4. The summed E-state index contributed by atoms with van der Waals surface area (Å²) >= 11 is 7.35. The van der Waals surface area contributed by atoms with Crippen LogP contribution < -0.4 is 10.2 Å². The number of anilines is 3. The zero-order valence-electron chi connectivity index (χ0n) is 23.7. The lowest BCUT2D eigenvalue weighted by molar-refractivity contribution is -0.138. The minimum absolute atomic E-state index is 0.0379. The van der Waals surface area contributed by atoms with Crippen molar-refractivity contribution in [2.75, 3.05) is 49.5 Å². The summed E-state index contributed by atoms with van der Waals surface area (Å²) in [6, 6.07) is 3.68. The molecule has 0 aliphatic carbocycles. The zero-order valence-corrected chi connectivity index (χ0v) is 25.3. The molecule has 2 fully saturated rings. The number of piperazine rings is 1. The second kappa shape index (κ2) is 12.9. The maximum absolute atomic E-state index is 15.8. The molecule has 0 saturated carbocycles. The first-order valence-electron chi connectivity index (χ1n) is 14.0. The Balaban J connectivity index is 1.43. The normalized spacial score (nSPS) is 18.4. The molecule has 3 aromatic rings. The quantitative estimate of drug-likeness (QED) is 0.271. The number of carboxylic acid groups (broad SMARTS) is 1. The molecule has 0 spiro atoms. The van der Waals surface area contributed by atoms with Crippen molar-refractivity contribution in [1.82, 2.24) is 24.8 Å². The molecule has 43 heavy (non-hydrogen) atoms. The fraction of sp³-hybridized carbons (Fsp3) is 0.500. The van der Waals surface area contributed by atoms with Gasteiger partial charge in [-0.3, -0.25) is 14.6 Å². The predicted molar refractivity (Wildman–Crippen MR) is 158 cm³/mol. The van der Waals surface area contributed by atoms with Gasteiger partial charge in [-0.15, -0.1) is 0 Å². The maximum Gasteiger partial charge on any atom is 0.416 e. The summed E-state index contributed by atoms with van der Waals surface area (Å²) in [5.74, 6) is -1.16. The number of alkyl halides is 3. The van der Waals surface area contributed by atoms with E-state index in [-0.39, 0.29) is 33.8 Å². The smallest absolute Gasteiger partial charge is 0.416 e. The first-order chi connectivity index (χ1) is 20.4. The Kier molecular flexibility index (Phi) is 9.40. The largest absolute Gasteiger partial charge is 0.481 e. The molecule has 9 nitrogen and oxygen atoms in total. The number of nitrogens with zero attached hydrogens (tertiary/aromatic N) is 6. The number of hydrogen-bond acceptors (Lipinski definition) is 9. The molecule has 5 rings (SSSR count). The predicted octanol–water partition coefficient (Wildman–Crippen LogP) is 6.04. The van der Waals surface area contributed by atoms with E-state index in [1.54, 1.807) is 11.8 Å². The highest BCUT2D eigenvalue weighted by atomic mass is 35.5. The first-order valence-corrected chi connectivity index (χ1v) is 15.2. The van der Waals surface area contributed by atoms with E-state index < -0.39 is 23.5 Å². The van der Waals surface area contributed by atoms with Crippen molar-refractivity contribution < 1.29 is 27.5 Å². The van der Waals surface area contributed by atoms with Crippen LogP contribution in [0.2, 0.25) is 5.02 Å². The van der Waals surface area contributed by atoms with E-state index in [0.717, 1.165) is 36.4 Å². The topological polar surface area (TPSA) is 97.7 Å². The highest BCUT2D eigenvalue weighted by molar-refractivity contribution is 7.16. The van der Waals surface area contributed by atoms with Gasteiger partial charge in [0, 0.05) is 60.8 Å². The Bertz CT molecular complexity index is 1480. The van der Waals surface area contributed by atoms with Gasteiger partial charge in [0.05, 0.1) is 17.7 Å². The Morgan fingerprint density at radius 2 is 1.88 bits per heavy atom. The summed E-state index contributed by atoms with van der Waals surface area (Å²) in [7, 11) is 0. The van der Waals surface area contributed by atoms with Crippen molar-refractivity contribution in [3.63, 3.8) is 0 Å². The van der Waals surface area contributed by atoms with E-state index in [4.69, 9.17) is 16.7 Å². The molecule has 0 unspecified atom stereocenters. The third-order valence-corrected chi connectivity index (χ3v) is 8.89. The number of nitrogens with one attached hydrogen (secondary N) is 1. The third-order valence-electron chi connectivity index (χ3n) is 7.72. The Labute approximate surface area is 255 Å². The van der Waals surface area contributed by atoms with Crippen molar-refractivity contribution in [1.29, 1.82) is 0 Å². The van der Waals surface area contributed by atoms with E-state index >= 15 is 4.39 Å². The number of aliphatic carboxylic acids is 1. The van der Waals surface area contributed by atoms with Crippen LogP contribution in [0.25, 0.3) is 11.3 Å². The average molecular weight is 642 g/mol. The van der Waals surface area contributed by atoms with Crippen molar-refractivity contribution in [2.24, 2.45) is 0 Å². The zero-order chi connectivity index (χ0) is 30.9. The summed E-state index contributed by atoms with van der Waals surface area (Å²) in [4.78, 5) is 30.9. The monoisotopic (exact) mass is 641 g/mol. The Morgan fingerprint density at radius 3 is 2.53 bits per heavy atom. The SMILES string of the molecule is Cc1nc(Nc2nc(-c3cc(Cl)cc(C(F)(F)F)c3)c(CN3CCC[C@H]3C)s2)c(F)c(N2CCN(CCC(=O)O)CC2)n1. The summed E-state index contributed by atoms with van der Waals surface area (Å²) in [6.45, 7) is 7.56. The first kappa shape index (κ1) is 31.4. The van der Waals surface area contributed by atoms with Crippen molar-refractivity contribution in [3.8, 4) is 11.3 Å². The highest BCUT2D eigenvalue weighted by Gasteiger charge is 2.32. The molecular formula is C28H32ClF4N7O2S. The highest BCUT2D eigenvalue weighted by Crippen LogP contribution is 2.39. The average Bonchev–Trinajstić information content (AvgIpc) is 3.54. The third kappa shape index (κ3) is 7.54. The van der Waals surface area contributed by atoms with Gasteiger partial charge in [-0.05, 0) is 51.4 Å². The number of rotatable bonds is 9. The number of carboxylic acids is 1. The van der Waals surface area contributed by atoms with Gasteiger partial charge in [0.1, 0.15) is 5.82 Å². The van der Waals surface area contributed by atoms with Crippen LogP contribution in [0.1, 0.15) is 42.5 Å². The number of carbonyl (C=O) groups is 1. The fourth-order valence-corrected chi connectivity index (χ4v) is 6.66. The number of aromatic nitrogens is 3. The van der Waals surface area contributed by atoms with Crippen LogP contribution in [0.4, 0.5) is 34.3 Å². The van der Waals surface area contributed by atoms with E-state index in [9.17, 15) is 18.0 Å². The maximum atomic E-state index is 15.8. The van der Waals surface area contributed by atoms with Crippen molar-refractivity contribution >= 4 is 45.7 Å². The van der Waals surface area contributed by atoms with Crippen LogP contribution in [0.5, 0.6) is 0 Å². The van der Waals surface area contributed by atoms with E-state index in [1.165, 1.54) is 17.4 Å². The van der Waals surface area contributed by atoms with Gasteiger partial charge in [-0.2, -0.15) is 17.6 Å². The second-order valence-electron chi connectivity index (χ2n) is 10.8. The minimum atomic E-state index is -4.58. The lowest BCUT2D eigenvalue weighted by Crippen LogP contribution is -2.47. The fourth-order valence-electron chi connectivity index (χ4n) is 5.41. The Morgan fingerprint density at radius 1 is 1.14 bits per heavy atom. The van der Waals surface area contributed by atoms with E-state index in [2.05, 4.69) is 32.1 Å². The standard InChI is InChI=1S/C28H32ClF4N7O2S/c1-16-4-3-6-40(16)15-21-24(18-12-19(28(31,32)33)14-20(29)13-18)36-27(43-21)37-25-23(30)26(35-17(2)34-25)39-10-8-38(9-11-39)7-5-22(41)42/h12-14,16H,3-11,15H2,1-2H3,(H,41,42)(H,34,35,36,37)/t16-/m1/s1. The number of benzene rings is 1. The minimum Gasteiger partial charge on any atom is -0.481 e. The molecule has 0 radical (unpaired) electrons. The van der Waals surface area contributed by atoms with Crippen LogP contribution in [0.15, 0.2) is 18.2 Å². The number of hydrogen-bond donors (Lipinski definition) is 2. The summed E-state index contributed by atoms with van der Waals surface area (Å²) in [5.41, 5.74) is -0.293. The van der Waals surface area contributed by atoms with Crippen LogP contribution in [-0.4, -0.2) is 81.1 Å². The molecular weight excluding hydrogens is 610 g/mol. The molecule has 232 valence electrons. The van der Waals surface area contributed by atoms with Gasteiger partial charge < -0.3 is 15.3 Å². The van der Waals surface area contributed by atoms with Crippen LogP contribution in [0.3, 0.4) is 0 Å². The van der Waals surface area contributed by atoms with Crippen LogP contribution in [0, 0.1) is 12.7 Å². The number of aryl methyl sites for hydroxylation is 1. The van der Waals surface area contributed by atoms with Crippen molar-refractivity contribution in [2.45, 2.75) is 51.9 Å². The van der Waals surface area contributed by atoms with Gasteiger partial charge in [-0.1, -0.05) is 22.9 Å². The molecule has 1 aromatic carbocycles. The van der Waals surface area contributed by atoms with Gasteiger partial charge in [0.2, 0.25) is 5.82 Å². The molecule has 2 saturated heterocycles. The summed E-state index contributed by atoms with van der Waals surface area (Å²) in [6.07, 6.45) is -2.50. The number of likely N-dealkylation sites (tertiary alicyclic amines) is 1. The van der Waals surface area contributed by atoms with Crippen LogP contribution in [-0.2, 0) is 17.5 Å². The Hall–Kier alpha value is -3.07. The molecule has 4 heterocycles. The molecule has 0 bridgehead atoms. The molecule has 0 amide bonds. The summed E-state index contributed by atoms with van der Waals surface area (Å²) < 4.78 is 56.7. The molecule has 15 heteroatoms. The molecule has 2 aliphatic heterocycles. The van der Waals surface area contributed by atoms with Crippen LogP contribution >= 0.6 is 22.9 Å². The molecule has 2 aromatic heterocycles. The molecule has 2 N–H and O–H groups in total. The molecule has 2 aliphatic rings. The lowest BCUT2D eigenvalue weighted by Gasteiger charge is -2.35. The van der Waals surface area contributed by atoms with E-state index in [0.29, 0.717) is 56.8 Å². The summed E-state index contributed by atoms with van der Waals surface area (Å²) in [5, 5.41) is 12.1. The molecule has 1 atom stereocenters.